The first kappa shape index (κ1) is 15.9. The summed E-state index contributed by atoms with van der Waals surface area (Å²) in [4.78, 5) is 29.0. The van der Waals surface area contributed by atoms with E-state index in [0.29, 0.717) is 31.1 Å². The van der Waals surface area contributed by atoms with E-state index in [2.05, 4.69) is 10.3 Å². The second-order valence-electron chi connectivity index (χ2n) is 5.89. The summed E-state index contributed by atoms with van der Waals surface area (Å²) in [6.45, 7) is 3.61. The Morgan fingerprint density at radius 1 is 1.48 bits per heavy atom. The van der Waals surface area contributed by atoms with Crippen molar-refractivity contribution in [2.75, 3.05) is 19.6 Å². The molecule has 122 valence electrons. The van der Waals surface area contributed by atoms with Crippen LogP contribution in [0.1, 0.15) is 18.9 Å². The van der Waals surface area contributed by atoms with Gasteiger partial charge in [-0.3, -0.25) is 9.59 Å². The Bertz CT molecular complexity index is 741. The van der Waals surface area contributed by atoms with E-state index in [0.717, 1.165) is 22.9 Å². The lowest BCUT2D eigenvalue weighted by Gasteiger charge is -2.16. The van der Waals surface area contributed by atoms with E-state index in [1.54, 1.807) is 4.90 Å². The van der Waals surface area contributed by atoms with E-state index < -0.39 is 0 Å². The summed E-state index contributed by atoms with van der Waals surface area (Å²) in [7, 11) is 0. The van der Waals surface area contributed by atoms with Gasteiger partial charge in [0, 0.05) is 48.2 Å². The molecule has 1 aliphatic heterocycles. The van der Waals surface area contributed by atoms with Crippen molar-refractivity contribution in [2.24, 2.45) is 5.92 Å². The van der Waals surface area contributed by atoms with Crippen molar-refractivity contribution in [3.63, 3.8) is 0 Å². The van der Waals surface area contributed by atoms with Gasteiger partial charge in [-0.15, -0.1) is 0 Å². The zero-order valence-electron chi connectivity index (χ0n) is 13.1. The Morgan fingerprint density at radius 2 is 2.30 bits per heavy atom. The summed E-state index contributed by atoms with van der Waals surface area (Å²) in [5.74, 6) is -0.193. The predicted molar refractivity (Wildman–Crippen MR) is 90.4 cm³/mol. The zero-order chi connectivity index (χ0) is 16.4. The lowest BCUT2D eigenvalue weighted by atomic mass is 10.1. The molecule has 0 aliphatic carbocycles. The van der Waals surface area contributed by atoms with Crippen LogP contribution in [0.5, 0.6) is 0 Å². The highest BCUT2D eigenvalue weighted by atomic mass is 35.5. The fourth-order valence-corrected chi connectivity index (χ4v) is 3.27. The minimum absolute atomic E-state index is 0.0257. The number of rotatable bonds is 5. The average molecular weight is 334 g/mol. The molecular weight excluding hydrogens is 314 g/mol. The molecule has 0 radical (unpaired) electrons. The first-order valence-corrected chi connectivity index (χ1v) is 8.27. The third-order valence-corrected chi connectivity index (χ3v) is 4.55. The summed E-state index contributed by atoms with van der Waals surface area (Å²) in [6, 6.07) is 5.74. The number of halogens is 1. The molecule has 0 bridgehead atoms. The summed E-state index contributed by atoms with van der Waals surface area (Å²) in [6.07, 6.45) is 3.02. The van der Waals surface area contributed by atoms with E-state index >= 15 is 0 Å². The molecule has 1 atom stereocenters. The maximum atomic E-state index is 12.1. The molecule has 2 N–H and O–H groups in total. The van der Waals surface area contributed by atoms with E-state index in [1.165, 1.54) is 0 Å². The number of carbonyl (C=O) groups is 2. The van der Waals surface area contributed by atoms with Crippen LogP contribution in [0.2, 0.25) is 5.02 Å². The fraction of sp³-hybridized carbons (Fsp3) is 0.412. The highest BCUT2D eigenvalue weighted by molar-refractivity contribution is 6.31. The molecular formula is C17H20ClN3O2. The lowest BCUT2D eigenvalue weighted by molar-refractivity contribution is -0.128. The van der Waals surface area contributed by atoms with E-state index in [4.69, 9.17) is 11.6 Å². The Kier molecular flexibility index (Phi) is 4.57. The number of hydrogen-bond acceptors (Lipinski definition) is 2. The van der Waals surface area contributed by atoms with Crippen molar-refractivity contribution in [1.82, 2.24) is 15.2 Å². The summed E-state index contributed by atoms with van der Waals surface area (Å²) in [5, 5.41) is 4.58. The lowest BCUT2D eigenvalue weighted by Crippen LogP contribution is -2.33. The molecule has 2 heterocycles. The Hall–Kier alpha value is -2.01. The molecule has 5 nitrogen and oxygen atoms in total. The Labute approximate surface area is 140 Å². The highest BCUT2D eigenvalue weighted by Crippen LogP contribution is 2.24. The minimum atomic E-state index is -0.222. The minimum Gasteiger partial charge on any atom is -0.361 e. The van der Waals surface area contributed by atoms with Crippen LogP contribution in [0.3, 0.4) is 0 Å². The second kappa shape index (κ2) is 6.62. The normalized spacial score (nSPS) is 17.9. The number of aromatic nitrogens is 1. The number of fused-ring (bicyclic) bond motifs is 1. The van der Waals surface area contributed by atoms with Crippen LogP contribution in [-0.2, 0) is 16.0 Å². The number of carbonyl (C=O) groups excluding carboxylic acids is 2. The molecule has 1 aromatic heterocycles. The summed E-state index contributed by atoms with van der Waals surface area (Å²) < 4.78 is 0. The second-order valence-corrected chi connectivity index (χ2v) is 6.33. The molecule has 1 aliphatic rings. The van der Waals surface area contributed by atoms with Gasteiger partial charge in [0.15, 0.2) is 0 Å². The number of H-pyrrole nitrogens is 1. The van der Waals surface area contributed by atoms with Gasteiger partial charge < -0.3 is 15.2 Å². The van der Waals surface area contributed by atoms with Gasteiger partial charge in [-0.2, -0.15) is 0 Å². The quantitative estimate of drug-likeness (QED) is 0.882. The maximum absolute atomic E-state index is 12.1. The average Bonchev–Trinajstić information content (AvgIpc) is 3.09. The van der Waals surface area contributed by atoms with Gasteiger partial charge in [-0.1, -0.05) is 11.6 Å². The van der Waals surface area contributed by atoms with Crippen molar-refractivity contribution >= 4 is 34.3 Å². The van der Waals surface area contributed by atoms with Crippen LogP contribution < -0.4 is 5.32 Å². The van der Waals surface area contributed by atoms with Crippen molar-refractivity contribution in [3.8, 4) is 0 Å². The third kappa shape index (κ3) is 3.34. The van der Waals surface area contributed by atoms with Crippen molar-refractivity contribution in [3.05, 3.63) is 35.0 Å². The smallest absolute Gasteiger partial charge is 0.225 e. The van der Waals surface area contributed by atoms with Gasteiger partial charge in [0.2, 0.25) is 11.8 Å². The molecule has 3 rings (SSSR count). The number of nitrogens with one attached hydrogen (secondary N) is 2. The molecule has 0 saturated carbocycles. The van der Waals surface area contributed by atoms with Gasteiger partial charge in [0.25, 0.3) is 0 Å². The van der Waals surface area contributed by atoms with E-state index in [9.17, 15) is 9.59 Å². The van der Waals surface area contributed by atoms with Gasteiger partial charge in [0.05, 0.1) is 5.92 Å². The molecule has 1 aromatic carbocycles. The number of nitrogens with zero attached hydrogens (tertiary/aromatic N) is 1. The van der Waals surface area contributed by atoms with Crippen LogP contribution in [0, 0.1) is 5.92 Å². The molecule has 1 saturated heterocycles. The number of hydrogen-bond donors (Lipinski definition) is 2. The fourth-order valence-electron chi connectivity index (χ4n) is 3.10. The first-order chi connectivity index (χ1) is 11.1. The molecule has 1 fully saturated rings. The SMILES string of the molecule is CCNC(=O)[C@@H]1CC(=O)N(CCc2c[nH]c3ccc(Cl)cc23)C1. The first-order valence-electron chi connectivity index (χ1n) is 7.89. The maximum Gasteiger partial charge on any atom is 0.225 e. The molecule has 2 amide bonds. The van der Waals surface area contributed by atoms with Crippen molar-refractivity contribution < 1.29 is 9.59 Å². The largest absolute Gasteiger partial charge is 0.361 e. The van der Waals surface area contributed by atoms with E-state index in [1.807, 2.05) is 31.3 Å². The molecule has 2 aromatic rings. The highest BCUT2D eigenvalue weighted by Gasteiger charge is 2.33. The topological polar surface area (TPSA) is 65.2 Å². The van der Waals surface area contributed by atoms with Crippen LogP contribution in [0.4, 0.5) is 0 Å². The van der Waals surface area contributed by atoms with Gasteiger partial charge >= 0.3 is 0 Å². The monoisotopic (exact) mass is 333 g/mol. The Morgan fingerprint density at radius 3 is 3.09 bits per heavy atom. The summed E-state index contributed by atoms with van der Waals surface area (Å²) in [5.41, 5.74) is 2.18. The van der Waals surface area contributed by atoms with Crippen LogP contribution in [0.25, 0.3) is 10.9 Å². The van der Waals surface area contributed by atoms with Crippen LogP contribution in [-0.4, -0.2) is 41.3 Å². The summed E-state index contributed by atoms with van der Waals surface area (Å²) >= 11 is 6.06. The number of aromatic amines is 1. The molecule has 23 heavy (non-hydrogen) atoms. The van der Waals surface area contributed by atoms with Crippen LogP contribution >= 0.6 is 11.6 Å². The standard InChI is InChI=1S/C17H20ClN3O2/c1-2-19-17(23)12-7-16(22)21(10-12)6-5-11-9-20-15-4-3-13(18)8-14(11)15/h3-4,8-9,12,20H,2,5-7,10H2,1H3,(H,19,23)/t12-/m1/s1. The number of benzene rings is 1. The molecule has 0 unspecified atom stereocenters. The predicted octanol–water partition coefficient (Wildman–Crippen LogP) is 2.35. The number of likely N-dealkylation sites (tertiary alicyclic amines) is 1. The number of amides is 2. The molecule has 0 spiro atoms. The van der Waals surface area contributed by atoms with Gasteiger partial charge in [-0.25, -0.2) is 0 Å². The van der Waals surface area contributed by atoms with Gasteiger partial charge in [0.1, 0.15) is 0 Å². The van der Waals surface area contributed by atoms with Gasteiger partial charge in [-0.05, 0) is 37.1 Å². The third-order valence-electron chi connectivity index (χ3n) is 4.32. The van der Waals surface area contributed by atoms with E-state index in [-0.39, 0.29) is 17.7 Å². The van der Waals surface area contributed by atoms with Crippen LogP contribution in [0.15, 0.2) is 24.4 Å². The molecule has 6 heteroatoms. The zero-order valence-corrected chi connectivity index (χ0v) is 13.8. The van der Waals surface area contributed by atoms with Crippen molar-refractivity contribution in [1.29, 1.82) is 0 Å². The Balaban J connectivity index is 1.65. The van der Waals surface area contributed by atoms with Crippen molar-refractivity contribution in [2.45, 2.75) is 19.8 Å².